The maximum Gasteiger partial charge on any atom is 0.122 e. The molecule has 2 aromatic carbocycles. The molecule has 0 unspecified atom stereocenters. The van der Waals surface area contributed by atoms with Crippen molar-refractivity contribution in [1.29, 1.82) is 0 Å². The Kier molecular flexibility index (Phi) is 3.75. The van der Waals surface area contributed by atoms with E-state index < -0.39 is 0 Å². The fourth-order valence-electron chi connectivity index (χ4n) is 1.75. The van der Waals surface area contributed by atoms with Crippen molar-refractivity contribution >= 4 is 12.6 Å². The molecule has 0 aromatic heterocycles. The molecule has 0 saturated carbocycles. The average Bonchev–Trinajstić information content (AvgIpc) is 2.30. The first-order valence-corrected chi connectivity index (χ1v) is 6.08. The summed E-state index contributed by atoms with van der Waals surface area (Å²) in [6.45, 7) is 4.71. The van der Waals surface area contributed by atoms with Crippen LogP contribution in [0.1, 0.15) is 16.7 Å². The van der Waals surface area contributed by atoms with E-state index in [4.69, 9.17) is 4.74 Å². The van der Waals surface area contributed by atoms with E-state index in [1.807, 2.05) is 30.3 Å². The van der Waals surface area contributed by atoms with Crippen molar-refractivity contribution in [2.75, 3.05) is 0 Å². The highest BCUT2D eigenvalue weighted by atomic mass is 32.1. The summed E-state index contributed by atoms with van der Waals surface area (Å²) >= 11 is 4.41. The molecule has 0 saturated heterocycles. The van der Waals surface area contributed by atoms with Crippen molar-refractivity contribution in [3.63, 3.8) is 0 Å². The first-order valence-electron chi connectivity index (χ1n) is 5.64. The molecule has 17 heavy (non-hydrogen) atoms. The first-order chi connectivity index (χ1) is 8.16. The highest BCUT2D eigenvalue weighted by Gasteiger charge is 2.02. The molecule has 88 valence electrons. The van der Waals surface area contributed by atoms with Gasteiger partial charge in [0, 0.05) is 10.5 Å². The minimum atomic E-state index is 0.559. The summed E-state index contributed by atoms with van der Waals surface area (Å²) in [5.74, 6) is 0.937. The number of hydrogen-bond acceptors (Lipinski definition) is 2. The van der Waals surface area contributed by atoms with Crippen LogP contribution in [0, 0.1) is 13.8 Å². The second-order valence-corrected chi connectivity index (χ2v) is 4.67. The Labute approximate surface area is 108 Å². The van der Waals surface area contributed by atoms with Gasteiger partial charge in [-0.15, -0.1) is 12.6 Å². The predicted octanol–water partition coefficient (Wildman–Crippen LogP) is 4.17. The Hall–Kier alpha value is -1.41. The molecule has 0 aliphatic heterocycles. The molecule has 2 rings (SSSR count). The number of rotatable bonds is 3. The van der Waals surface area contributed by atoms with Crippen molar-refractivity contribution in [3.05, 3.63) is 59.2 Å². The predicted molar refractivity (Wildman–Crippen MR) is 73.9 cm³/mol. The third kappa shape index (κ3) is 3.04. The summed E-state index contributed by atoms with van der Waals surface area (Å²) in [6, 6.07) is 14.2. The zero-order valence-electron chi connectivity index (χ0n) is 10.1. The normalized spacial score (nSPS) is 10.3. The third-order valence-corrected chi connectivity index (χ3v) is 3.14. The van der Waals surface area contributed by atoms with Crippen LogP contribution in [0.3, 0.4) is 0 Å². The van der Waals surface area contributed by atoms with Gasteiger partial charge < -0.3 is 4.74 Å². The SMILES string of the molecule is Cc1ccc(OCc2ccccc2S)c(C)c1. The van der Waals surface area contributed by atoms with Gasteiger partial charge in [-0.2, -0.15) is 0 Å². The van der Waals surface area contributed by atoms with Crippen LogP contribution in [0.15, 0.2) is 47.4 Å². The zero-order chi connectivity index (χ0) is 12.3. The van der Waals surface area contributed by atoms with Crippen LogP contribution in [0.2, 0.25) is 0 Å². The first kappa shape index (κ1) is 12.1. The second-order valence-electron chi connectivity index (χ2n) is 4.19. The summed E-state index contributed by atoms with van der Waals surface area (Å²) in [7, 11) is 0. The minimum absolute atomic E-state index is 0.559. The second kappa shape index (κ2) is 5.28. The molecule has 0 amide bonds. The lowest BCUT2D eigenvalue weighted by Crippen LogP contribution is -1.98. The molecule has 0 aliphatic rings. The number of thiol groups is 1. The monoisotopic (exact) mass is 244 g/mol. The Balaban J connectivity index is 2.10. The lowest BCUT2D eigenvalue weighted by molar-refractivity contribution is 0.301. The van der Waals surface area contributed by atoms with E-state index in [-0.39, 0.29) is 0 Å². The highest BCUT2D eigenvalue weighted by Crippen LogP contribution is 2.21. The highest BCUT2D eigenvalue weighted by molar-refractivity contribution is 7.80. The summed E-state index contributed by atoms with van der Waals surface area (Å²) in [5, 5.41) is 0. The average molecular weight is 244 g/mol. The number of benzene rings is 2. The summed E-state index contributed by atoms with van der Waals surface area (Å²) in [4.78, 5) is 0.970. The van der Waals surface area contributed by atoms with Gasteiger partial charge in [-0.3, -0.25) is 0 Å². The van der Waals surface area contributed by atoms with Gasteiger partial charge in [0.05, 0.1) is 0 Å². The Bertz CT molecular complexity index is 520. The van der Waals surface area contributed by atoms with E-state index in [0.29, 0.717) is 6.61 Å². The van der Waals surface area contributed by atoms with E-state index >= 15 is 0 Å². The van der Waals surface area contributed by atoms with Gasteiger partial charge in [0.25, 0.3) is 0 Å². The number of hydrogen-bond donors (Lipinski definition) is 1. The van der Waals surface area contributed by atoms with Crippen LogP contribution in [0.5, 0.6) is 5.75 Å². The molecule has 0 bridgehead atoms. The van der Waals surface area contributed by atoms with Crippen molar-refractivity contribution in [3.8, 4) is 5.75 Å². The molecule has 2 heteroatoms. The molecule has 2 aromatic rings. The molecule has 0 radical (unpaired) electrons. The molecule has 0 heterocycles. The van der Waals surface area contributed by atoms with Gasteiger partial charge in [0.1, 0.15) is 12.4 Å². The van der Waals surface area contributed by atoms with Crippen molar-refractivity contribution in [1.82, 2.24) is 0 Å². The lowest BCUT2D eigenvalue weighted by atomic mass is 10.1. The lowest BCUT2D eigenvalue weighted by Gasteiger charge is -2.10. The smallest absolute Gasteiger partial charge is 0.122 e. The van der Waals surface area contributed by atoms with E-state index in [1.54, 1.807) is 0 Å². The molecule has 0 fully saturated rings. The van der Waals surface area contributed by atoms with E-state index in [9.17, 15) is 0 Å². The Morgan fingerprint density at radius 2 is 1.82 bits per heavy atom. The maximum absolute atomic E-state index is 5.81. The van der Waals surface area contributed by atoms with Crippen molar-refractivity contribution in [2.24, 2.45) is 0 Å². The molecule has 0 aliphatic carbocycles. The molecular formula is C15H16OS. The van der Waals surface area contributed by atoms with Crippen molar-refractivity contribution in [2.45, 2.75) is 25.3 Å². The molecule has 0 atom stereocenters. The number of ether oxygens (including phenoxy) is 1. The fourth-order valence-corrected chi connectivity index (χ4v) is 1.97. The van der Waals surface area contributed by atoms with E-state index in [2.05, 4.69) is 38.6 Å². The molecule has 1 nitrogen and oxygen atoms in total. The van der Waals surface area contributed by atoms with Crippen molar-refractivity contribution < 1.29 is 4.74 Å². The van der Waals surface area contributed by atoms with Crippen LogP contribution in [-0.2, 0) is 6.61 Å². The van der Waals surface area contributed by atoms with Gasteiger partial charge in [0.15, 0.2) is 0 Å². The van der Waals surface area contributed by atoms with E-state index in [1.165, 1.54) is 11.1 Å². The van der Waals surface area contributed by atoms with Crippen LogP contribution in [0.25, 0.3) is 0 Å². The standard InChI is InChI=1S/C15H16OS/c1-11-7-8-14(12(2)9-11)16-10-13-5-3-4-6-15(13)17/h3-9,17H,10H2,1-2H3. The quantitative estimate of drug-likeness (QED) is 0.797. The molecule has 0 spiro atoms. The largest absolute Gasteiger partial charge is 0.489 e. The number of aryl methyl sites for hydroxylation is 2. The topological polar surface area (TPSA) is 9.23 Å². The molecular weight excluding hydrogens is 228 g/mol. The summed E-state index contributed by atoms with van der Waals surface area (Å²) < 4.78 is 5.81. The summed E-state index contributed by atoms with van der Waals surface area (Å²) in [6.07, 6.45) is 0. The fraction of sp³-hybridized carbons (Fsp3) is 0.200. The maximum atomic E-state index is 5.81. The van der Waals surface area contributed by atoms with Crippen LogP contribution < -0.4 is 4.74 Å². The Morgan fingerprint density at radius 1 is 1.06 bits per heavy atom. The van der Waals surface area contributed by atoms with Gasteiger partial charge in [-0.05, 0) is 31.5 Å². The van der Waals surface area contributed by atoms with Crippen LogP contribution in [0.4, 0.5) is 0 Å². The third-order valence-electron chi connectivity index (χ3n) is 2.71. The molecule has 0 N–H and O–H groups in total. The minimum Gasteiger partial charge on any atom is -0.489 e. The van der Waals surface area contributed by atoms with Gasteiger partial charge in [-0.25, -0.2) is 0 Å². The van der Waals surface area contributed by atoms with Gasteiger partial charge in [0.2, 0.25) is 0 Å². The summed E-state index contributed by atoms with van der Waals surface area (Å²) in [5.41, 5.74) is 3.53. The zero-order valence-corrected chi connectivity index (χ0v) is 11.0. The Morgan fingerprint density at radius 3 is 2.53 bits per heavy atom. The van der Waals surface area contributed by atoms with Crippen LogP contribution >= 0.6 is 12.6 Å². The van der Waals surface area contributed by atoms with Gasteiger partial charge >= 0.3 is 0 Å². The van der Waals surface area contributed by atoms with Gasteiger partial charge in [-0.1, -0.05) is 35.9 Å². The van der Waals surface area contributed by atoms with E-state index in [0.717, 1.165) is 16.2 Å². The van der Waals surface area contributed by atoms with Crippen LogP contribution in [-0.4, -0.2) is 0 Å².